The number of carbonyl (C=O) groups is 1. The van der Waals surface area contributed by atoms with Gasteiger partial charge in [-0.1, -0.05) is 126 Å². The van der Waals surface area contributed by atoms with E-state index in [2.05, 4.69) is 89.2 Å². The molecular formula is C46H58IrNO2-. The van der Waals surface area contributed by atoms with E-state index in [-0.39, 0.29) is 43.1 Å². The Morgan fingerprint density at radius 2 is 1.46 bits per heavy atom. The van der Waals surface area contributed by atoms with Gasteiger partial charge in [-0.15, -0.1) is 29.1 Å². The Labute approximate surface area is 315 Å². The maximum atomic E-state index is 12.0. The van der Waals surface area contributed by atoms with Gasteiger partial charge in [0.1, 0.15) is 0 Å². The van der Waals surface area contributed by atoms with Crippen LogP contribution >= 0.6 is 0 Å². The van der Waals surface area contributed by atoms with Gasteiger partial charge in [0.05, 0.1) is 11.3 Å². The summed E-state index contributed by atoms with van der Waals surface area (Å²) in [7, 11) is 0. The third kappa shape index (κ3) is 9.34. The van der Waals surface area contributed by atoms with Crippen LogP contribution in [0.5, 0.6) is 0 Å². The van der Waals surface area contributed by atoms with Gasteiger partial charge in [-0.2, -0.15) is 0 Å². The predicted molar refractivity (Wildman–Crippen MR) is 206 cm³/mol. The molecule has 7 rings (SSSR count). The van der Waals surface area contributed by atoms with Crippen LogP contribution in [-0.2, 0) is 36.7 Å². The number of fused-ring (bicyclic) bond motifs is 2. The first-order valence-electron chi connectivity index (χ1n) is 19.4. The maximum absolute atomic E-state index is 12.0. The zero-order valence-corrected chi connectivity index (χ0v) is 33.6. The van der Waals surface area contributed by atoms with Crippen LogP contribution in [0.4, 0.5) is 0 Å². The van der Waals surface area contributed by atoms with Gasteiger partial charge >= 0.3 is 0 Å². The van der Waals surface area contributed by atoms with E-state index in [9.17, 15) is 9.90 Å². The molecule has 1 N–H and O–H groups in total. The second kappa shape index (κ2) is 17.1. The molecule has 0 saturated heterocycles. The molecule has 4 aromatic rings. The average molecular weight is 849 g/mol. The van der Waals surface area contributed by atoms with Crippen molar-refractivity contribution >= 4 is 27.5 Å². The minimum absolute atomic E-state index is 0. The molecule has 3 nitrogen and oxygen atoms in total. The van der Waals surface area contributed by atoms with Gasteiger partial charge in [-0.25, -0.2) is 0 Å². The first kappa shape index (κ1) is 38.4. The summed E-state index contributed by atoms with van der Waals surface area (Å²) in [5.41, 5.74) is 8.82. The Kier molecular flexibility index (Phi) is 13.2. The molecule has 0 unspecified atom stereocenters. The number of rotatable bonds is 6. The van der Waals surface area contributed by atoms with E-state index in [4.69, 9.17) is 4.98 Å². The molecule has 3 aliphatic rings. The molecule has 0 atom stereocenters. The Balaban J connectivity index is 0.000000229. The standard InChI is InChI=1S/C31H34N.C15H24O2.Ir/c1-20-14-21(2)30-25(16-22-10-6-7-11-22)19-28(32-29(30)15-20)24-17-23-12-8-9-13-26(23)27(18-24)31(3,4)5;16-14(12-7-3-1-4-8-12)11-15(17)13-9-5-2-6-10-13;/h8-9,12-15,18-19,22H,6-7,10-11,16H2,1-5H3;11-13,16H,1-10H2;/q-1;;/b;14-11-;. The number of allylic oxidation sites excluding steroid dienone is 2. The van der Waals surface area contributed by atoms with E-state index in [1.165, 1.54) is 103 Å². The molecule has 0 aliphatic heterocycles. The molecule has 1 radical (unpaired) electrons. The fourth-order valence-electron chi connectivity index (χ4n) is 8.83. The number of aliphatic hydroxyl groups excluding tert-OH is 1. The van der Waals surface area contributed by atoms with Gasteiger partial charge in [0.15, 0.2) is 5.78 Å². The summed E-state index contributed by atoms with van der Waals surface area (Å²) in [5.74, 6) is 1.79. The molecule has 269 valence electrons. The summed E-state index contributed by atoms with van der Waals surface area (Å²) in [6, 6.07) is 21.6. The summed E-state index contributed by atoms with van der Waals surface area (Å²) in [6.45, 7) is 11.3. The summed E-state index contributed by atoms with van der Waals surface area (Å²) >= 11 is 0. The molecule has 50 heavy (non-hydrogen) atoms. The molecule has 1 heterocycles. The van der Waals surface area contributed by atoms with Crippen LogP contribution in [0.1, 0.15) is 133 Å². The Bertz CT molecular complexity index is 1800. The van der Waals surface area contributed by atoms with E-state index in [0.717, 1.165) is 54.8 Å². The topological polar surface area (TPSA) is 50.2 Å². The number of aliphatic hydroxyl groups is 1. The number of carbonyl (C=O) groups excluding carboxylic acids is 1. The summed E-state index contributed by atoms with van der Waals surface area (Å²) in [4.78, 5) is 17.2. The number of aryl methyl sites for hydroxylation is 2. The second-order valence-corrected chi connectivity index (χ2v) is 16.5. The van der Waals surface area contributed by atoms with Crippen molar-refractivity contribution in [1.82, 2.24) is 4.98 Å². The number of hydrogen-bond acceptors (Lipinski definition) is 3. The van der Waals surface area contributed by atoms with Crippen LogP contribution in [-0.4, -0.2) is 15.9 Å². The minimum atomic E-state index is 0. The molecule has 0 spiro atoms. The predicted octanol–water partition coefficient (Wildman–Crippen LogP) is 12.7. The zero-order chi connectivity index (χ0) is 34.5. The van der Waals surface area contributed by atoms with Gasteiger partial charge in [-0.05, 0) is 80.0 Å². The third-order valence-corrected chi connectivity index (χ3v) is 11.5. The zero-order valence-electron chi connectivity index (χ0n) is 31.2. The van der Waals surface area contributed by atoms with E-state index < -0.39 is 0 Å². The van der Waals surface area contributed by atoms with E-state index in [1.54, 1.807) is 6.08 Å². The van der Waals surface area contributed by atoms with Crippen LogP contribution in [0.3, 0.4) is 0 Å². The van der Waals surface area contributed by atoms with Crippen molar-refractivity contribution in [1.29, 1.82) is 0 Å². The number of pyridine rings is 1. The van der Waals surface area contributed by atoms with E-state index in [0.29, 0.717) is 5.76 Å². The van der Waals surface area contributed by atoms with E-state index >= 15 is 0 Å². The normalized spacial score (nSPS) is 18.1. The van der Waals surface area contributed by atoms with Crippen LogP contribution < -0.4 is 0 Å². The van der Waals surface area contributed by atoms with Crippen molar-refractivity contribution in [3.63, 3.8) is 0 Å². The van der Waals surface area contributed by atoms with Crippen molar-refractivity contribution in [2.24, 2.45) is 17.8 Å². The van der Waals surface area contributed by atoms with Gasteiger partial charge in [-0.3, -0.25) is 9.78 Å². The van der Waals surface area contributed by atoms with Crippen LogP contribution in [0.2, 0.25) is 0 Å². The van der Waals surface area contributed by atoms with Crippen LogP contribution in [0.15, 0.2) is 60.4 Å². The van der Waals surface area contributed by atoms with Crippen molar-refractivity contribution < 1.29 is 30.0 Å². The van der Waals surface area contributed by atoms with Crippen molar-refractivity contribution in [2.75, 3.05) is 0 Å². The first-order chi connectivity index (χ1) is 23.6. The van der Waals surface area contributed by atoms with Gasteiger partial charge in [0, 0.05) is 49.1 Å². The van der Waals surface area contributed by atoms with Crippen molar-refractivity contribution in [3.8, 4) is 11.3 Å². The maximum Gasteiger partial charge on any atom is 0.162 e. The molecule has 0 amide bonds. The van der Waals surface area contributed by atoms with Gasteiger partial charge in [0.2, 0.25) is 0 Å². The Morgan fingerprint density at radius 1 is 0.840 bits per heavy atom. The number of benzene rings is 3. The fraction of sp³-hybridized carbons (Fsp3) is 0.522. The monoisotopic (exact) mass is 849 g/mol. The molecule has 1 aromatic heterocycles. The molecule has 3 aliphatic carbocycles. The van der Waals surface area contributed by atoms with Gasteiger partial charge in [0.25, 0.3) is 0 Å². The fourth-order valence-corrected chi connectivity index (χ4v) is 8.83. The quantitative estimate of drug-likeness (QED) is 0.119. The number of hydrogen-bond donors (Lipinski definition) is 1. The van der Waals surface area contributed by atoms with Crippen molar-refractivity contribution in [2.45, 2.75) is 136 Å². The largest absolute Gasteiger partial charge is 0.512 e. The van der Waals surface area contributed by atoms with E-state index in [1.807, 2.05) is 0 Å². The first-order valence-corrected chi connectivity index (χ1v) is 19.4. The Morgan fingerprint density at radius 3 is 2.12 bits per heavy atom. The smallest absolute Gasteiger partial charge is 0.162 e. The van der Waals surface area contributed by atoms with Gasteiger partial charge < -0.3 is 5.11 Å². The minimum Gasteiger partial charge on any atom is -0.512 e. The SMILES string of the molecule is Cc1cc(C)c2c(CC3CCCC3)cc(-c3[c-]c4ccccc4c(C(C)(C)C)c3)nc2c1.O=C(/C=C(\O)C1CCCCC1)C1CCCCC1.[Ir]. The Hall–Kier alpha value is -2.81. The molecule has 3 aromatic carbocycles. The number of aromatic nitrogens is 1. The molecule has 3 saturated carbocycles. The second-order valence-electron chi connectivity index (χ2n) is 16.5. The van der Waals surface area contributed by atoms with Crippen LogP contribution in [0, 0.1) is 37.7 Å². The summed E-state index contributed by atoms with van der Waals surface area (Å²) in [6.07, 6.45) is 19.6. The average Bonchev–Trinajstić information content (AvgIpc) is 3.61. The number of ketones is 1. The summed E-state index contributed by atoms with van der Waals surface area (Å²) < 4.78 is 0. The molecule has 3 fully saturated rings. The number of nitrogens with zero attached hydrogens (tertiary/aromatic N) is 1. The third-order valence-electron chi connectivity index (χ3n) is 11.5. The van der Waals surface area contributed by atoms with Crippen LogP contribution in [0.25, 0.3) is 32.9 Å². The molecular weight excluding hydrogens is 791 g/mol. The van der Waals surface area contributed by atoms with Crippen molar-refractivity contribution in [3.05, 3.63) is 88.7 Å². The molecule has 0 bridgehead atoms. The summed E-state index contributed by atoms with van der Waals surface area (Å²) in [5, 5.41) is 13.8. The molecule has 4 heteroatoms.